The zero-order valence-electron chi connectivity index (χ0n) is 15.8. The Balaban J connectivity index is 0.000000270. The summed E-state index contributed by atoms with van der Waals surface area (Å²) in [5, 5.41) is 5.56. The van der Waals surface area contributed by atoms with Crippen LogP contribution in [-0.2, 0) is 0 Å². The molecule has 142 valence electrons. The van der Waals surface area contributed by atoms with Gasteiger partial charge in [0.05, 0.1) is 10.4 Å². The number of imidazole rings is 1. The molecule has 2 aliphatic rings. The maximum atomic E-state index is 5.61. The fraction of sp³-hybridized carbons (Fsp3) is 0.190. The Morgan fingerprint density at radius 1 is 1.14 bits per heavy atom. The Bertz CT molecular complexity index is 1130. The second kappa shape index (κ2) is 7.63. The summed E-state index contributed by atoms with van der Waals surface area (Å²) in [6.07, 6.45) is 11.2. The van der Waals surface area contributed by atoms with Crippen LogP contribution in [-0.4, -0.2) is 24.9 Å². The molecule has 5 heterocycles. The highest BCUT2D eigenvalue weighted by Crippen LogP contribution is 2.35. The molecule has 5 rings (SSSR count). The van der Waals surface area contributed by atoms with Crippen LogP contribution in [0.25, 0.3) is 27.6 Å². The largest absolute Gasteiger partial charge is 0.365 e. The summed E-state index contributed by atoms with van der Waals surface area (Å²) >= 11 is 1.62. The second-order valence-electron chi connectivity index (χ2n) is 7.22. The molecule has 1 N–H and O–H groups in total. The molecule has 0 aliphatic carbocycles. The fourth-order valence-corrected chi connectivity index (χ4v) is 3.54. The maximum absolute atomic E-state index is 5.61. The number of aromatic nitrogens is 4. The Morgan fingerprint density at radius 3 is 2.39 bits per heavy atom. The predicted octanol–water partition coefficient (Wildman–Crippen LogP) is 5.13. The van der Waals surface area contributed by atoms with Gasteiger partial charge >= 0.3 is 0 Å². The number of rotatable bonds is 2. The number of nitrogens with zero attached hydrogens (tertiary/aromatic N) is 4. The first-order chi connectivity index (χ1) is 13.0. The number of hydrogen-bond acceptors (Lipinski definition) is 5. The maximum Gasteiger partial charge on any atom is 0.162 e. The average molecular weight is 410 g/mol. The van der Waals surface area contributed by atoms with Crippen molar-refractivity contribution >= 4 is 35.2 Å². The van der Waals surface area contributed by atoms with Crippen molar-refractivity contribution in [2.45, 2.75) is 26.3 Å². The van der Waals surface area contributed by atoms with Crippen LogP contribution in [0.15, 0.2) is 48.2 Å². The summed E-state index contributed by atoms with van der Waals surface area (Å²) in [4.78, 5) is 13.4. The van der Waals surface area contributed by atoms with E-state index in [2.05, 4.69) is 46.4 Å². The molecule has 0 atom stereocenters. The van der Waals surface area contributed by atoms with E-state index in [0.717, 1.165) is 33.4 Å². The van der Waals surface area contributed by atoms with Crippen molar-refractivity contribution in [2.24, 2.45) is 0 Å². The number of hydrogen-bond donors (Lipinski definition) is 1. The molecule has 0 fully saturated rings. The van der Waals surface area contributed by atoms with E-state index in [0.29, 0.717) is 0 Å². The molecule has 0 bridgehead atoms. The molecule has 0 unspecified atom stereocenters. The number of terminal acetylenes is 1. The van der Waals surface area contributed by atoms with E-state index in [9.17, 15) is 0 Å². The van der Waals surface area contributed by atoms with Gasteiger partial charge in [0.2, 0.25) is 0 Å². The highest BCUT2D eigenvalue weighted by Gasteiger charge is 2.21. The number of thiophene rings is 1. The van der Waals surface area contributed by atoms with Gasteiger partial charge in [-0.1, -0.05) is 12.0 Å². The Morgan fingerprint density at radius 2 is 1.86 bits per heavy atom. The summed E-state index contributed by atoms with van der Waals surface area (Å²) in [6, 6.07) is 7.96. The fourth-order valence-electron chi connectivity index (χ4n) is 2.70. The molecule has 0 radical (unpaired) electrons. The second-order valence-corrected chi connectivity index (χ2v) is 8.13. The van der Waals surface area contributed by atoms with Crippen molar-refractivity contribution in [2.75, 3.05) is 5.32 Å². The van der Waals surface area contributed by atoms with E-state index in [1.165, 1.54) is 5.56 Å². The molecule has 0 amide bonds. The standard InChI is InChI=1S/C17H17N3S.C4H2N2.ClH/c1-5-12-9-11-21-15(12)14-16(19-17(2,3)4)20-10-7-6-8-13(20)18-14;1-3-2-6-4(3)5-1;/h1,6-11,19H,2-4H3;1-2H;1H. The van der Waals surface area contributed by atoms with E-state index in [4.69, 9.17) is 11.4 Å². The highest BCUT2D eigenvalue weighted by atomic mass is 35.5. The Labute approximate surface area is 174 Å². The topological polar surface area (TPSA) is 55.1 Å². The Hall–Kier alpha value is -2.88. The van der Waals surface area contributed by atoms with E-state index >= 15 is 0 Å². The van der Waals surface area contributed by atoms with Crippen LogP contribution in [0.4, 0.5) is 5.82 Å². The summed E-state index contributed by atoms with van der Waals surface area (Å²) in [5.74, 6) is 4.65. The third kappa shape index (κ3) is 3.72. The van der Waals surface area contributed by atoms with Crippen molar-refractivity contribution < 1.29 is 0 Å². The summed E-state index contributed by atoms with van der Waals surface area (Å²) in [5.41, 5.74) is 3.86. The molecule has 2 aliphatic heterocycles. The van der Waals surface area contributed by atoms with Crippen LogP contribution < -0.4 is 5.32 Å². The van der Waals surface area contributed by atoms with Crippen molar-refractivity contribution in [1.29, 1.82) is 0 Å². The van der Waals surface area contributed by atoms with Crippen molar-refractivity contribution in [1.82, 2.24) is 19.4 Å². The van der Waals surface area contributed by atoms with Crippen molar-refractivity contribution in [3.8, 4) is 34.3 Å². The highest BCUT2D eigenvalue weighted by molar-refractivity contribution is 7.13. The first-order valence-corrected chi connectivity index (χ1v) is 9.46. The molecule has 0 aromatic carbocycles. The van der Waals surface area contributed by atoms with E-state index in [1.54, 1.807) is 11.3 Å². The van der Waals surface area contributed by atoms with Gasteiger partial charge in [0.15, 0.2) is 5.82 Å². The van der Waals surface area contributed by atoms with Crippen molar-refractivity contribution in [3.05, 3.63) is 53.8 Å². The normalized spacial score (nSPS) is 11.1. The minimum Gasteiger partial charge on any atom is -0.365 e. The van der Waals surface area contributed by atoms with Crippen LogP contribution in [0.1, 0.15) is 26.3 Å². The van der Waals surface area contributed by atoms with Crippen LogP contribution in [0.5, 0.6) is 0 Å². The van der Waals surface area contributed by atoms with Gasteiger partial charge in [-0.15, -0.1) is 30.2 Å². The van der Waals surface area contributed by atoms with Gasteiger partial charge in [0, 0.05) is 29.7 Å². The molecule has 0 spiro atoms. The summed E-state index contributed by atoms with van der Waals surface area (Å²) in [6.45, 7) is 6.40. The molecule has 5 nitrogen and oxygen atoms in total. The first kappa shape index (κ1) is 19.9. The van der Waals surface area contributed by atoms with Crippen LogP contribution >= 0.6 is 23.7 Å². The number of nitrogens with one attached hydrogen (secondary N) is 1. The smallest absolute Gasteiger partial charge is 0.162 e. The number of pyridine rings is 1. The number of fused-ring (bicyclic) bond motifs is 2. The molecule has 0 saturated carbocycles. The number of anilines is 1. The number of halogens is 1. The molecule has 3 aromatic heterocycles. The van der Waals surface area contributed by atoms with Gasteiger partial charge in [-0.05, 0) is 44.4 Å². The van der Waals surface area contributed by atoms with Crippen molar-refractivity contribution in [3.63, 3.8) is 0 Å². The van der Waals surface area contributed by atoms with Crippen LogP contribution in [0.2, 0.25) is 0 Å². The van der Waals surface area contributed by atoms with Gasteiger partial charge in [-0.25, -0.2) is 15.0 Å². The van der Waals surface area contributed by atoms with E-state index in [1.807, 2.05) is 48.2 Å². The zero-order chi connectivity index (χ0) is 19.0. The van der Waals surface area contributed by atoms with Gasteiger partial charge < -0.3 is 5.32 Å². The van der Waals surface area contributed by atoms with Crippen LogP contribution in [0.3, 0.4) is 0 Å². The minimum absolute atomic E-state index is 0. The molecule has 7 heteroatoms. The molecule has 0 saturated heterocycles. The lowest BCUT2D eigenvalue weighted by Gasteiger charge is -2.22. The van der Waals surface area contributed by atoms with Gasteiger partial charge in [0.25, 0.3) is 0 Å². The molecular weight excluding hydrogens is 390 g/mol. The lowest BCUT2D eigenvalue weighted by atomic mass is 10.1. The summed E-state index contributed by atoms with van der Waals surface area (Å²) in [7, 11) is 0. The third-order valence-electron chi connectivity index (χ3n) is 3.97. The quantitative estimate of drug-likeness (QED) is 0.410. The van der Waals surface area contributed by atoms with E-state index in [-0.39, 0.29) is 17.9 Å². The lowest BCUT2D eigenvalue weighted by Crippen LogP contribution is -2.27. The molecule has 3 aromatic rings. The zero-order valence-corrected chi connectivity index (χ0v) is 17.4. The first-order valence-electron chi connectivity index (χ1n) is 8.58. The third-order valence-corrected chi connectivity index (χ3v) is 4.89. The Kier molecular flexibility index (Phi) is 5.41. The summed E-state index contributed by atoms with van der Waals surface area (Å²) < 4.78 is 2.07. The predicted molar refractivity (Wildman–Crippen MR) is 118 cm³/mol. The van der Waals surface area contributed by atoms with Gasteiger partial charge in [0.1, 0.15) is 17.2 Å². The average Bonchev–Trinajstić information content (AvgIpc) is 3.22. The van der Waals surface area contributed by atoms with Crippen LogP contribution in [0, 0.1) is 12.3 Å². The molecular formula is C21H20ClN5S. The minimum atomic E-state index is -0.0614. The van der Waals surface area contributed by atoms with Gasteiger partial charge in [-0.3, -0.25) is 4.40 Å². The molecule has 28 heavy (non-hydrogen) atoms. The SMILES string of the molecule is C#Cc1ccsc1-c1nc2ccccn2c1NC(C)(C)C.Cl.c1nc2ncc1-2. The van der Waals surface area contributed by atoms with E-state index < -0.39 is 0 Å². The van der Waals surface area contributed by atoms with Gasteiger partial charge in [-0.2, -0.15) is 0 Å². The lowest BCUT2D eigenvalue weighted by molar-refractivity contribution is 0.629. The monoisotopic (exact) mass is 409 g/mol.